The van der Waals surface area contributed by atoms with E-state index in [9.17, 15) is 9.59 Å². The monoisotopic (exact) mass is 413 g/mol. The van der Waals surface area contributed by atoms with Gasteiger partial charge in [-0.15, -0.1) is 22.7 Å². The van der Waals surface area contributed by atoms with E-state index in [4.69, 9.17) is 0 Å². The number of thiophene rings is 1. The van der Waals surface area contributed by atoms with Gasteiger partial charge >= 0.3 is 0 Å². The molecular weight excluding hydrogens is 390 g/mol. The minimum Gasteiger partial charge on any atom is -0.338 e. The van der Waals surface area contributed by atoms with Crippen molar-refractivity contribution in [3.8, 4) is 10.6 Å². The summed E-state index contributed by atoms with van der Waals surface area (Å²) in [7, 11) is 0. The number of carbonyl (C=O) groups is 2. The third-order valence-corrected chi connectivity index (χ3v) is 6.18. The van der Waals surface area contributed by atoms with E-state index < -0.39 is 0 Å². The fourth-order valence-corrected chi connectivity index (χ4v) is 4.63. The van der Waals surface area contributed by atoms with Crippen LogP contribution in [0, 0.1) is 13.8 Å². The molecule has 0 saturated heterocycles. The lowest BCUT2D eigenvalue weighted by Crippen LogP contribution is -2.31. The number of nitrogens with one attached hydrogen (secondary N) is 1. The minimum absolute atomic E-state index is 0.0444. The zero-order chi connectivity index (χ0) is 20.1. The van der Waals surface area contributed by atoms with Crippen LogP contribution in [0.4, 0.5) is 5.13 Å². The molecule has 0 bridgehead atoms. The molecule has 1 aromatic carbocycles. The standard InChI is InChI=1S/C21H23N3O2S2/c1-14-9-10-18(27-14)20-15(2)28-21(23-20)22-19(26)11-12-24(16(3)25)13-17-7-5-4-6-8-17/h4-10H,11-13H2,1-3H3,(H,22,23,26). The number of benzene rings is 1. The van der Waals surface area contributed by atoms with Crippen molar-refractivity contribution < 1.29 is 9.59 Å². The summed E-state index contributed by atoms with van der Waals surface area (Å²) in [5.74, 6) is -0.181. The van der Waals surface area contributed by atoms with E-state index >= 15 is 0 Å². The highest BCUT2D eigenvalue weighted by atomic mass is 32.1. The molecule has 28 heavy (non-hydrogen) atoms. The van der Waals surface area contributed by atoms with Crippen LogP contribution in [0.2, 0.25) is 0 Å². The summed E-state index contributed by atoms with van der Waals surface area (Å²) >= 11 is 3.17. The maximum absolute atomic E-state index is 12.4. The summed E-state index contributed by atoms with van der Waals surface area (Å²) in [4.78, 5) is 34.0. The van der Waals surface area contributed by atoms with Crippen LogP contribution in [0.1, 0.15) is 28.7 Å². The number of hydrogen-bond acceptors (Lipinski definition) is 5. The van der Waals surface area contributed by atoms with E-state index in [-0.39, 0.29) is 18.2 Å². The number of amides is 2. The lowest BCUT2D eigenvalue weighted by molar-refractivity contribution is -0.129. The molecule has 2 heterocycles. The number of aromatic nitrogens is 1. The van der Waals surface area contributed by atoms with Crippen molar-refractivity contribution in [1.29, 1.82) is 0 Å². The van der Waals surface area contributed by atoms with Gasteiger partial charge in [-0.05, 0) is 31.5 Å². The van der Waals surface area contributed by atoms with E-state index in [1.807, 2.05) is 37.3 Å². The molecule has 0 atom stereocenters. The SMILES string of the molecule is CC(=O)N(CCC(=O)Nc1nc(-c2ccc(C)s2)c(C)s1)Cc1ccccc1. The second-order valence-electron chi connectivity index (χ2n) is 6.56. The van der Waals surface area contributed by atoms with Crippen LogP contribution in [0.3, 0.4) is 0 Å². The molecule has 0 aliphatic heterocycles. The van der Waals surface area contributed by atoms with Gasteiger partial charge in [-0.2, -0.15) is 0 Å². The van der Waals surface area contributed by atoms with Crippen LogP contribution < -0.4 is 5.32 Å². The summed E-state index contributed by atoms with van der Waals surface area (Å²) in [5, 5.41) is 3.47. The highest BCUT2D eigenvalue weighted by molar-refractivity contribution is 7.18. The van der Waals surface area contributed by atoms with E-state index in [0.29, 0.717) is 18.2 Å². The Kier molecular flexibility index (Phi) is 6.59. The molecule has 0 aliphatic rings. The van der Waals surface area contributed by atoms with Crippen molar-refractivity contribution in [2.75, 3.05) is 11.9 Å². The zero-order valence-electron chi connectivity index (χ0n) is 16.2. The smallest absolute Gasteiger partial charge is 0.227 e. The number of hydrogen-bond donors (Lipinski definition) is 1. The lowest BCUT2D eigenvalue weighted by atomic mass is 10.2. The van der Waals surface area contributed by atoms with Crippen molar-refractivity contribution in [3.05, 3.63) is 57.8 Å². The lowest BCUT2D eigenvalue weighted by Gasteiger charge is -2.20. The van der Waals surface area contributed by atoms with Gasteiger partial charge in [0.1, 0.15) is 0 Å². The predicted octanol–water partition coefficient (Wildman–Crippen LogP) is 4.87. The maximum Gasteiger partial charge on any atom is 0.227 e. The van der Waals surface area contributed by atoms with Gasteiger partial charge in [0.25, 0.3) is 0 Å². The predicted molar refractivity (Wildman–Crippen MR) is 116 cm³/mol. The van der Waals surface area contributed by atoms with Gasteiger partial charge in [-0.1, -0.05) is 30.3 Å². The number of rotatable bonds is 7. The second kappa shape index (κ2) is 9.12. The Labute approximate surface area is 173 Å². The van der Waals surface area contributed by atoms with Crippen LogP contribution in [0.5, 0.6) is 0 Å². The largest absolute Gasteiger partial charge is 0.338 e. The van der Waals surface area contributed by atoms with Crippen LogP contribution >= 0.6 is 22.7 Å². The first-order valence-electron chi connectivity index (χ1n) is 9.06. The Morgan fingerprint density at radius 2 is 1.82 bits per heavy atom. The molecule has 5 nitrogen and oxygen atoms in total. The van der Waals surface area contributed by atoms with Gasteiger partial charge in [0, 0.05) is 36.2 Å². The van der Waals surface area contributed by atoms with Crippen LogP contribution in [0.25, 0.3) is 10.6 Å². The summed E-state index contributed by atoms with van der Waals surface area (Å²) in [6, 6.07) is 13.9. The average Bonchev–Trinajstić information content (AvgIpc) is 3.24. The summed E-state index contributed by atoms with van der Waals surface area (Å²) in [6.07, 6.45) is 0.235. The molecule has 1 N–H and O–H groups in total. The molecule has 0 saturated carbocycles. The first-order chi connectivity index (χ1) is 13.4. The summed E-state index contributed by atoms with van der Waals surface area (Å²) in [6.45, 7) is 6.48. The molecule has 0 fully saturated rings. The number of thiazole rings is 1. The van der Waals surface area contributed by atoms with Crippen LogP contribution in [-0.2, 0) is 16.1 Å². The van der Waals surface area contributed by atoms with Gasteiger partial charge in [0.2, 0.25) is 11.8 Å². The Morgan fingerprint density at radius 1 is 1.07 bits per heavy atom. The van der Waals surface area contributed by atoms with Gasteiger partial charge in [0.05, 0.1) is 10.6 Å². The van der Waals surface area contributed by atoms with Gasteiger partial charge in [0.15, 0.2) is 5.13 Å². The Bertz CT molecular complexity index is 963. The first-order valence-corrected chi connectivity index (χ1v) is 10.7. The average molecular weight is 414 g/mol. The number of aryl methyl sites for hydroxylation is 2. The Balaban J connectivity index is 1.58. The highest BCUT2D eigenvalue weighted by Gasteiger charge is 2.15. The van der Waals surface area contributed by atoms with Crippen molar-refractivity contribution in [2.45, 2.75) is 33.7 Å². The molecule has 146 valence electrons. The second-order valence-corrected chi connectivity index (χ2v) is 9.05. The molecular formula is C21H23N3O2S2. The van der Waals surface area contributed by atoms with E-state index in [0.717, 1.165) is 21.0 Å². The zero-order valence-corrected chi connectivity index (χ0v) is 17.8. The highest BCUT2D eigenvalue weighted by Crippen LogP contribution is 2.34. The molecule has 7 heteroatoms. The third kappa shape index (κ3) is 5.27. The molecule has 0 spiro atoms. The number of nitrogens with zero attached hydrogens (tertiary/aromatic N) is 2. The summed E-state index contributed by atoms with van der Waals surface area (Å²) < 4.78 is 0. The fourth-order valence-electron chi connectivity index (χ4n) is 2.81. The molecule has 3 rings (SSSR count). The van der Waals surface area contributed by atoms with E-state index in [1.165, 1.54) is 23.1 Å². The number of anilines is 1. The molecule has 0 unspecified atom stereocenters. The van der Waals surface area contributed by atoms with Gasteiger partial charge < -0.3 is 10.2 Å². The van der Waals surface area contributed by atoms with Crippen molar-refractivity contribution in [3.63, 3.8) is 0 Å². The molecule has 2 amide bonds. The van der Waals surface area contributed by atoms with E-state index in [1.54, 1.807) is 16.2 Å². The number of carbonyl (C=O) groups excluding carboxylic acids is 2. The third-order valence-electron chi connectivity index (χ3n) is 4.29. The van der Waals surface area contributed by atoms with Gasteiger partial charge in [-0.25, -0.2) is 4.98 Å². The Hall–Kier alpha value is -2.51. The van der Waals surface area contributed by atoms with Crippen molar-refractivity contribution in [2.24, 2.45) is 0 Å². The van der Waals surface area contributed by atoms with E-state index in [2.05, 4.69) is 29.4 Å². The van der Waals surface area contributed by atoms with Crippen molar-refractivity contribution in [1.82, 2.24) is 9.88 Å². The van der Waals surface area contributed by atoms with Gasteiger partial charge in [-0.3, -0.25) is 9.59 Å². The minimum atomic E-state index is -0.137. The maximum atomic E-state index is 12.4. The quantitative estimate of drug-likeness (QED) is 0.601. The Morgan fingerprint density at radius 3 is 2.46 bits per heavy atom. The normalized spacial score (nSPS) is 10.7. The van der Waals surface area contributed by atoms with Crippen LogP contribution in [-0.4, -0.2) is 28.2 Å². The fraction of sp³-hybridized carbons (Fsp3) is 0.286. The molecule has 2 aromatic heterocycles. The molecule has 3 aromatic rings. The summed E-state index contributed by atoms with van der Waals surface area (Å²) in [5.41, 5.74) is 1.97. The van der Waals surface area contributed by atoms with Crippen LogP contribution in [0.15, 0.2) is 42.5 Å². The molecule has 0 radical (unpaired) electrons. The topological polar surface area (TPSA) is 62.3 Å². The van der Waals surface area contributed by atoms with Crippen molar-refractivity contribution >= 4 is 39.6 Å². The molecule has 0 aliphatic carbocycles. The first kappa shape index (κ1) is 20.2.